The molecule has 2 unspecified atom stereocenters. The van der Waals surface area contributed by atoms with E-state index in [-0.39, 0.29) is 0 Å². The average Bonchev–Trinajstić information content (AvgIpc) is 2.81. The Hall–Kier alpha value is -1.41. The highest BCUT2D eigenvalue weighted by Crippen LogP contribution is 2.41. The molecular formula is C16H20N2. The summed E-state index contributed by atoms with van der Waals surface area (Å²) in [4.78, 5) is 4.47. The summed E-state index contributed by atoms with van der Waals surface area (Å²) in [5.41, 5.74) is 2.86. The van der Waals surface area contributed by atoms with Gasteiger partial charge in [-0.15, -0.1) is 0 Å². The topological polar surface area (TPSA) is 24.9 Å². The molecule has 1 saturated carbocycles. The first kappa shape index (κ1) is 11.7. The molecule has 1 aliphatic rings. The summed E-state index contributed by atoms with van der Waals surface area (Å²) in [5.74, 6) is 0. The lowest BCUT2D eigenvalue weighted by Crippen LogP contribution is -2.25. The van der Waals surface area contributed by atoms with Gasteiger partial charge in [0.05, 0.1) is 5.52 Å². The molecule has 2 heteroatoms. The SMILES string of the molecule is CNC1CCC(C)(c2ccc3cccnc3c2)C1. The Morgan fingerprint density at radius 2 is 2.22 bits per heavy atom. The molecular weight excluding hydrogens is 220 g/mol. The van der Waals surface area contributed by atoms with Gasteiger partial charge in [-0.05, 0) is 49.4 Å². The molecule has 0 amide bonds. The fourth-order valence-electron chi connectivity index (χ4n) is 3.19. The van der Waals surface area contributed by atoms with Gasteiger partial charge < -0.3 is 5.32 Å². The van der Waals surface area contributed by atoms with Crippen molar-refractivity contribution in [3.63, 3.8) is 0 Å². The lowest BCUT2D eigenvalue weighted by Gasteiger charge is -2.25. The summed E-state index contributed by atoms with van der Waals surface area (Å²) in [6.45, 7) is 2.38. The van der Waals surface area contributed by atoms with Crippen LogP contribution in [0.2, 0.25) is 0 Å². The minimum atomic E-state index is 0.305. The van der Waals surface area contributed by atoms with E-state index in [0.717, 1.165) is 5.52 Å². The number of hydrogen-bond acceptors (Lipinski definition) is 2. The minimum Gasteiger partial charge on any atom is -0.317 e. The van der Waals surface area contributed by atoms with Crippen LogP contribution in [0.15, 0.2) is 36.5 Å². The van der Waals surface area contributed by atoms with Crippen LogP contribution < -0.4 is 5.32 Å². The molecule has 1 heterocycles. The molecule has 94 valence electrons. The average molecular weight is 240 g/mol. The Bertz CT molecular complexity index is 564. The predicted octanol–water partition coefficient (Wildman–Crippen LogP) is 3.26. The van der Waals surface area contributed by atoms with Gasteiger partial charge in [-0.25, -0.2) is 0 Å². The van der Waals surface area contributed by atoms with Gasteiger partial charge in [0.2, 0.25) is 0 Å². The molecule has 2 nitrogen and oxygen atoms in total. The number of nitrogens with one attached hydrogen (secondary N) is 1. The van der Waals surface area contributed by atoms with Gasteiger partial charge in [-0.3, -0.25) is 4.98 Å². The molecule has 1 fully saturated rings. The van der Waals surface area contributed by atoms with E-state index in [1.54, 1.807) is 0 Å². The second-order valence-electron chi connectivity index (χ2n) is 5.70. The normalized spacial score (nSPS) is 27.8. The molecule has 0 aliphatic heterocycles. The van der Waals surface area contributed by atoms with Crippen LogP contribution in [-0.2, 0) is 5.41 Å². The lowest BCUT2D eigenvalue weighted by atomic mass is 9.80. The van der Waals surface area contributed by atoms with E-state index >= 15 is 0 Å². The first-order valence-electron chi connectivity index (χ1n) is 6.74. The smallest absolute Gasteiger partial charge is 0.0704 e. The van der Waals surface area contributed by atoms with Gasteiger partial charge in [0.15, 0.2) is 0 Å². The predicted molar refractivity (Wildman–Crippen MR) is 75.8 cm³/mol. The molecule has 1 aliphatic carbocycles. The Kier molecular flexibility index (Phi) is 2.83. The highest BCUT2D eigenvalue weighted by molar-refractivity contribution is 5.79. The third kappa shape index (κ3) is 1.91. The largest absolute Gasteiger partial charge is 0.317 e. The molecule has 0 saturated heterocycles. The van der Waals surface area contributed by atoms with E-state index in [9.17, 15) is 0 Å². The van der Waals surface area contributed by atoms with E-state index in [0.29, 0.717) is 11.5 Å². The number of hydrogen-bond donors (Lipinski definition) is 1. The summed E-state index contributed by atoms with van der Waals surface area (Å²) >= 11 is 0. The van der Waals surface area contributed by atoms with Crippen molar-refractivity contribution >= 4 is 10.9 Å². The Morgan fingerprint density at radius 3 is 3.00 bits per heavy atom. The van der Waals surface area contributed by atoms with Crippen LogP contribution in [-0.4, -0.2) is 18.1 Å². The lowest BCUT2D eigenvalue weighted by molar-refractivity contribution is 0.467. The second kappa shape index (κ2) is 4.36. The van der Waals surface area contributed by atoms with E-state index in [4.69, 9.17) is 0 Å². The van der Waals surface area contributed by atoms with Crippen molar-refractivity contribution in [1.29, 1.82) is 0 Å². The summed E-state index contributed by atoms with van der Waals surface area (Å²) in [7, 11) is 2.07. The van der Waals surface area contributed by atoms with Crippen molar-refractivity contribution < 1.29 is 0 Å². The number of fused-ring (bicyclic) bond motifs is 1. The fraction of sp³-hybridized carbons (Fsp3) is 0.438. The van der Waals surface area contributed by atoms with E-state index in [1.165, 1.54) is 30.2 Å². The van der Waals surface area contributed by atoms with Crippen LogP contribution >= 0.6 is 0 Å². The number of aromatic nitrogens is 1. The van der Waals surface area contributed by atoms with Crippen LogP contribution in [0.4, 0.5) is 0 Å². The molecule has 18 heavy (non-hydrogen) atoms. The molecule has 2 atom stereocenters. The quantitative estimate of drug-likeness (QED) is 0.871. The van der Waals surface area contributed by atoms with Crippen LogP contribution in [0.3, 0.4) is 0 Å². The van der Waals surface area contributed by atoms with E-state index in [2.05, 4.69) is 48.5 Å². The van der Waals surface area contributed by atoms with Crippen molar-refractivity contribution in [3.8, 4) is 0 Å². The Balaban J connectivity index is 1.99. The number of nitrogens with zero attached hydrogens (tertiary/aromatic N) is 1. The number of benzene rings is 1. The molecule has 2 aromatic rings. The zero-order chi connectivity index (χ0) is 12.6. The van der Waals surface area contributed by atoms with Crippen LogP contribution in [0.5, 0.6) is 0 Å². The van der Waals surface area contributed by atoms with Gasteiger partial charge in [0, 0.05) is 17.6 Å². The monoisotopic (exact) mass is 240 g/mol. The third-order valence-electron chi connectivity index (χ3n) is 4.45. The van der Waals surface area contributed by atoms with Crippen molar-refractivity contribution in [2.45, 2.75) is 37.6 Å². The van der Waals surface area contributed by atoms with Crippen molar-refractivity contribution in [2.75, 3.05) is 7.05 Å². The Labute approximate surface area is 108 Å². The van der Waals surface area contributed by atoms with Crippen LogP contribution in [0.25, 0.3) is 10.9 Å². The van der Waals surface area contributed by atoms with Crippen LogP contribution in [0, 0.1) is 0 Å². The summed E-state index contributed by atoms with van der Waals surface area (Å²) < 4.78 is 0. The Morgan fingerprint density at radius 1 is 1.33 bits per heavy atom. The van der Waals surface area contributed by atoms with Crippen molar-refractivity contribution in [1.82, 2.24) is 10.3 Å². The highest BCUT2D eigenvalue weighted by atomic mass is 14.9. The molecule has 1 N–H and O–H groups in total. The number of rotatable bonds is 2. The zero-order valence-corrected chi connectivity index (χ0v) is 11.1. The molecule has 0 radical (unpaired) electrons. The molecule has 1 aromatic carbocycles. The van der Waals surface area contributed by atoms with Gasteiger partial charge in [-0.1, -0.05) is 25.1 Å². The van der Waals surface area contributed by atoms with E-state index in [1.807, 2.05) is 12.3 Å². The molecule has 0 bridgehead atoms. The highest BCUT2D eigenvalue weighted by Gasteiger charge is 2.35. The first-order chi connectivity index (χ1) is 8.71. The zero-order valence-electron chi connectivity index (χ0n) is 11.1. The minimum absolute atomic E-state index is 0.305. The second-order valence-corrected chi connectivity index (χ2v) is 5.70. The summed E-state index contributed by atoms with van der Waals surface area (Å²) in [6, 6.07) is 11.5. The maximum absolute atomic E-state index is 4.47. The van der Waals surface area contributed by atoms with E-state index < -0.39 is 0 Å². The van der Waals surface area contributed by atoms with Gasteiger partial charge in [0.1, 0.15) is 0 Å². The fourth-order valence-corrected chi connectivity index (χ4v) is 3.19. The standard InChI is InChI=1S/C16H20N2/c1-16(8-7-14(11-16)17-2)13-6-5-12-4-3-9-18-15(12)10-13/h3-6,9-10,14,17H,7-8,11H2,1-2H3. The molecule has 0 spiro atoms. The van der Waals surface area contributed by atoms with Gasteiger partial charge >= 0.3 is 0 Å². The van der Waals surface area contributed by atoms with Crippen molar-refractivity contribution in [3.05, 3.63) is 42.1 Å². The maximum atomic E-state index is 4.47. The van der Waals surface area contributed by atoms with Crippen LogP contribution in [0.1, 0.15) is 31.7 Å². The third-order valence-corrected chi connectivity index (χ3v) is 4.45. The first-order valence-corrected chi connectivity index (χ1v) is 6.74. The number of pyridine rings is 1. The van der Waals surface area contributed by atoms with Gasteiger partial charge in [0.25, 0.3) is 0 Å². The molecule has 1 aromatic heterocycles. The summed E-state index contributed by atoms with van der Waals surface area (Å²) in [5, 5.41) is 4.64. The van der Waals surface area contributed by atoms with Gasteiger partial charge in [-0.2, -0.15) is 0 Å². The van der Waals surface area contributed by atoms with Crippen molar-refractivity contribution in [2.24, 2.45) is 0 Å². The summed E-state index contributed by atoms with van der Waals surface area (Å²) in [6.07, 6.45) is 5.63. The maximum Gasteiger partial charge on any atom is 0.0704 e. The molecule has 3 rings (SSSR count).